The first-order valence-corrected chi connectivity index (χ1v) is 13.1. The van der Waals surface area contributed by atoms with Crippen molar-refractivity contribution in [2.75, 3.05) is 19.8 Å². The standard InChI is InChI=1S/C31H33NO3S/c1-3-19-35-30(34)32-22-29(21-28(32)20-24(2)23-33)36-31(25-13-7-4-8-14-25,26-15-9-5-10-16-26)27-17-11-6-12-18-27/h3-18,20,28-29,33H,1,19,21-23H2,2H3/b24-20-/t28-,29+/m1/s1. The molecule has 0 spiro atoms. The average molecular weight is 500 g/mol. The number of hydrogen-bond acceptors (Lipinski definition) is 4. The van der Waals surface area contributed by atoms with Gasteiger partial charge in [0.1, 0.15) is 6.61 Å². The molecule has 1 N–H and O–H groups in total. The van der Waals surface area contributed by atoms with E-state index in [1.165, 1.54) is 16.7 Å². The van der Waals surface area contributed by atoms with Crippen LogP contribution >= 0.6 is 11.8 Å². The fourth-order valence-electron chi connectivity index (χ4n) is 4.85. The number of aliphatic hydroxyl groups is 1. The van der Waals surface area contributed by atoms with Crippen molar-refractivity contribution in [3.63, 3.8) is 0 Å². The Balaban J connectivity index is 1.78. The molecule has 2 atom stereocenters. The van der Waals surface area contributed by atoms with Crippen LogP contribution in [0.3, 0.4) is 0 Å². The van der Waals surface area contributed by atoms with Gasteiger partial charge >= 0.3 is 6.09 Å². The van der Waals surface area contributed by atoms with Gasteiger partial charge in [0.05, 0.1) is 17.4 Å². The van der Waals surface area contributed by atoms with E-state index in [2.05, 4.69) is 79.4 Å². The van der Waals surface area contributed by atoms with Crippen LogP contribution in [-0.4, -0.2) is 47.1 Å². The predicted molar refractivity (Wildman–Crippen MR) is 148 cm³/mol. The number of carbonyl (C=O) groups is 1. The quantitative estimate of drug-likeness (QED) is 0.273. The molecule has 1 amide bonds. The highest BCUT2D eigenvalue weighted by molar-refractivity contribution is 8.01. The Morgan fingerprint density at radius 1 is 1.00 bits per heavy atom. The Kier molecular flexibility index (Phi) is 8.68. The van der Waals surface area contributed by atoms with E-state index in [4.69, 9.17) is 4.74 Å². The minimum absolute atomic E-state index is 0.0359. The molecule has 4 nitrogen and oxygen atoms in total. The lowest BCUT2D eigenvalue weighted by atomic mass is 9.84. The monoisotopic (exact) mass is 499 g/mol. The van der Waals surface area contributed by atoms with E-state index in [1.54, 1.807) is 11.0 Å². The number of nitrogens with zero attached hydrogens (tertiary/aromatic N) is 1. The first-order chi connectivity index (χ1) is 17.6. The first-order valence-electron chi connectivity index (χ1n) is 12.2. The van der Waals surface area contributed by atoms with E-state index in [1.807, 2.05) is 43.0 Å². The maximum atomic E-state index is 13.0. The maximum Gasteiger partial charge on any atom is 0.410 e. The molecule has 5 heteroatoms. The van der Waals surface area contributed by atoms with Crippen LogP contribution in [0.1, 0.15) is 30.0 Å². The summed E-state index contributed by atoms with van der Waals surface area (Å²) in [4.78, 5) is 14.7. The number of thioether (sulfide) groups is 1. The number of benzene rings is 3. The second kappa shape index (κ2) is 12.1. The predicted octanol–water partition coefficient (Wildman–Crippen LogP) is 6.42. The van der Waals surface area contributed by atoms with Crippen LogP contribution in [0.15, 0.2) is 115 Å². The zero-order chi connectivity index (χ0) is 25.4. The molecule has 1 aliphatic rings. The van der Waals surface area contributed by atoms with Crippen molar-refractivity contribution in [2.45, 2.75) is 29.4 Å². The van der Waals surface area contributed by atoms with Gasteiger partial charge in [-0.2, -0.15) is 0 Å². The molecule has 0 bridgehead atoms. The van der Waals surface area contributed by atoms with Gasteiger partial charge in [-0.25, -0.2) is 4.79 Å². The van der Waals surface area contributed by atoms with Gasteiger partial charge in [0.15, 0.2) is 0 Å². The Hall–Kier alpha value is -3.28. The average Bonchev–Trinajstić information content (AvgIpc) is 3.33. The molecule has 1 fully saturated rings. The number of rotatable bonds is 9. The molecule has 0 saturated carbocycles. The van der Waals surface area contributed by atoms with Gasteiger partial charge < -0.3 is 14.7 Å². The molecule has 1 saturated heterocycles. The largest absolute Gasteiger partial charge is 0.445 e. The Morgan fingerprint density at radius 3 is 1.94 bits per heavy atom. The molecule has 0 radical (unpaired) electrons. The summed E-state index contributed by atoms with van der Waals surface area (Å²) >= 11 is 1.88. The van der Waals surface area contributed by atoms with Crippen molar-refractivity contribution in [1.29, 1.82) is 0 Å². The van der Waals surface area contributed by atoms with Crippen molar-refractivity contribution in [1.82, 2.24) is 4.90 Å². The van der Waals surface area contributed by atoms with E-state index in [9.17, 15) is 9.90 Å². The lowest BCUT2D eigenvalue weighted by molar-refractivity contribution is 0.114. The molecule has 1 heterocycles. The van der Waals surface area contributed by atoms with E-state index in [-0.39, 0.29) is 30.6 Å². The molecule has 186 valence electrons. The number of carbonyl (C=O) groups excluding carboxylic acids is 1. The molecule has 0 aliphatic carbocycles. The van der Waals surface area contributed by atoms with Gasteiger partial charge in [-0.05, 0) is 30.0 Å². The Morgan fingerprint density at radius 2 is 1.50 bits per heavy atom. The molecule has 3 aromatic carbocycles. The van der Waals surface area contributed by atoms with Crippen LogP contribution in [0.4, 0.5) is 4.79 Å². The normalized spacial score (nSPS) is 18.2. The lowest BCUT2D eigenvalue weighted by Crippen LogP contribution is -2.36. The second-order valence-electron chi connectivity index (χ2n) is 9.01. The summed E-state index contributed by atoms with van der Waals surface area (Å²) in [6.07, 6.45) is 3.98. The van der Waals surface area contributed by atoms with E-state index < -0.39 is 4.75 Å². The van der Waals surface area contributed by atoms with Crippen LogP contribution in [0, 0.1) is 0 Å². The number of amides is 1. The number of hydrogen-bond donors (Lipinski definition) is 1. The highest BCUT2D eigenvalue weighted by atomic mass is 32.2. The van der Waals surface area contributed by atoms with Crippen molar-refractivity contribution in [3.8, 4) is 0 Å². The third kappa shape index (κ3) is 5.58. The van der Waals surface area contributed by atoms with Crippen LogP contribution < -0.4 is 0 Å². The smallest absolute Gasteiger partial charge is 0.410 e. The summed E-state index contributed by atoms with van der Waals surface area (Å²) in [7, 11) is 0. The first kappa shape index (κ1) is 25.8. The lowest BCUT2D eigenvalue weighted by Gasteiger charge is -2.37. The van der Waals surface area contributed by atoms with Crippen LogP contribution in [0.2, 0.25) is 0 Å². The summed E-state index contributed by atoms with van der Waals surface area (Å²) in [5, 5.41) is 9.77. The maximum absolute atomic E-state index is 13.0. The van der Waals surface area contributed by atoms with Crippen LogP contribution in [0.5, 0.6) is 0 Å². The summed E-state index contributed by atoms with van der Waals surface area (Å²) in [5.41, 5.74) is 4.42. The number of ether oxygens (including phenoxy) is 1. The zero-order valence-corrected chi connectivity index (χ0v) is 21.4. The van der Waals surface area contributed by atoms with Crippen molar-refractivity contribution < 1.29 is 14.6 Å². The van der Waals surface area contributed by atoms with Crippen molar-refractivity contribution >= 4 is 17.9 Å². The molecule has 0 unspecified atom stereocenters. The molecular formula is C31H33NO3S. The number of aliphatic hydroxyl groups excluding tert-OH is 1. The highest BCUT2D eigenvalue weighted by Crippen LogP contribution is 2.52. The van der Waals surface area contributed by atoms with Gasteiger partial charge in [-0.1, -0.05) is 115 Å². The second-order valence-corrected chi connectivity index (χ2v) is 10.5. The van der Waals surface area contributed by atoms with Crippen LogP contribution in [0.25, 0.3) is 0 Å². The summed E-state index contributed by atoms with van der Waals surface area (Å²) in [6.45, 7) is 6.23. The van der Waals surface area contributed by atoms with Crippen molar-refractivity contribution in [2.24, 2.45) is 0 Å². The van der Waals surface area contributed by atoms with Gasteiger partial charge in [-0.15, -0.1) is 11.8 Å². The third-order valence-electron chi connectivity index (χ3n) is 6.47. The Labute approximate surface area is 218 Å². The molecular weight excluding hydrogens is 466 g/mol. The van der Waals surface area contributed by atoms with Gasteiger partial charge in [0, 0.05) is 11.8 Å². The number of likely N-dealkylation sites (tertiary alicyclic amines) is 1. The minimum atomic E-state index is -0.463. The van der Waals surface area contributed by atoms with E-state index >= 15 is 0 Å². The fraction of sp³-hybridized carbons (Fsp3) is 0.258. The molecule has 1 aliphatic heterocycles. The molecule has 3 aromatic rings. The van der Waals surface area contributed by atoms with Gasteiger partial charge in [0.25, 0.3) is 0 Å². The van der Waals surface area contributed by atoms with E-state index in [0.717, 1.165) is 12.0 Å². The van der Waals surface area contributed by atoms with Gasteiger partial charge in [0.2, 0.25) is 0 Å². The van der Waals surface area contributed by atoms with Gasteiger partial charge in [-0.3, -0.25) is 0 Å². The third-order valence-corrected chi connectivity index (χ3v) is 8.21. The molecule has 0 aromatic heterocycles. The van der Waals surface area contributed by atoms with E-state index in [0.29, 0.717) is 6.54 Å². The Bertz CT molecular complexity index is 1070. The topological polar surface area (TPSA) is 49.8 Å². The summed E-state index contributed by atoms with van der Waals surface area (Å²) in [6, 6.07) is 31.6. The summed E-state index contributed by atoms with van der Waals surface area (Å²) in [5.74, 6) is 0. The minimum Gasteiger partial charge on any atom is -0.445 e. The zero-order valence-electron chi connectivity index (χ0n) is 20.6. The molecule has 4 rings (SSSR count). The summed E-state index contributed by atoms with van der Waals surface area (Å²) < 4.78 is 4.96. The highest BCUT2D eigenvalue weighted by Gasteiger charge is 2.44. The molecule has 36 heavy (non-hydrogen) atoms. The fourth-order valence-corrected chi connectivity index (χ4v) is 6.69. The van der Waals surface area contributed by atoms with Crippen molar-refractivity contribution in [3.05, 3.63) is 132 Å². The SMILES string of the molecule is C=CCOC(=O)N1C[C@@H](SC(c2ccccc2)(c2ccccc2)c2ccccc2)C[C@H]1/C=C(/C)CO. The van der Waals surface area contributed by atoms with Crippen LogP contribution in [-0.2, 0) is 9.48 Å².